The molecule has 1 aliphatic carbocycles. The van der Waals surface area contributed by atoms with Crippen molar-refractivity contribution in [3.05, 3.63) is 12.2 Å². The van der Waals surface area contributed by atoms with Gasteiger partial charge in [0.25, 0.3) is 0 Å². The van der Waals surface area contributed by atoms with Gasteiger partial charge in [-0.05, 0) is 17.9 Å². The van der Waals surface area contributed by atoms with Gasteiger partial charge < -0.3 is 9.47 Å². The van der Waals surface area contributed by atoms with Gasteiger partial charge in [0, 0.05) is 6.42 Å². The summed E-state index contributed by atoms with van der Waals surface area (Å²) in [5.74, 6) is -0.373. The summed E-state index contributed by atoms with van der Waals surface area (Å²) in [6.45, 7) is 5.98. The zero-order valence-corrected chi connectivity index (χ0v) is 7.80. The van der Waals surface area contributed by atoms with E-state index in [1.165, 1.54) is 0 Å². The molecule has 0 radical (unpaired) electrons. The molecule has 1 heterocycles. The van der Waals surface area contributed by atoms with Gasteiger partial charge in [-0.15, -0.1) is 0 Å². The molecule has 0 saturated carbocycles. The Kier molecular flexibility index (Phi) is 1.77. The van der Waals surface area contributed by atoms with Gasteiger partial charge >= 0.3 is 0 Å². The van der Waals surface area contributed by atoms with Crippen LogP contribution < -0.4 is 0 Å². The fraction of sp³-hybridized carbons (Fsp3) is 0.800. The second-order valence-electron chi connectivity index (χ2n) is 4.46. The number of rotatable bonds is 0. The minimum absolute atomic E-state index is 0.319. The van der Waals surface area contributed by atoms with E-state index in [9.17, 15) is 0 Å². The minimum atomic E-state index is -0.373. The van der Waals surface area contributed by atoms with Crippen molar-refractivity contribution in [2.24, 2.45) is 5.41 Å². The third-order valence-corrected chi connectivity index (χ3v) is 2.54. The van der Waals surface area contributed by atoms with Crippen LogP contribution in [-0.4, -0.2) is 19.0 Å². The van der Waals surface area contributed by atoms with Gasteiger partial charge in [-0.2, -0.15) is 0 Å². The van der Waals surface area contributed by atoms with E-state index < -0.39 is 0 Å². The maximum absolute atomic E-state index is 5.61. The lowest BCUT2D eigenvalue weighted by molar-refractivity contribution is -0.143. The summed E-state index contributed by atoms with van der Waals surface area (Å²) in [5.41, 5.74) is 0.319. The lowest BCUT2D eigenvalue weighted by atomic mass is 9.78. The zero-order chi connectivity index (χ0) is 8.66. The van der Waals surface area contributed by atoms with E-state index in [4.69, 9.17) is 9.47 Å². The molecule has 0 unspecified atom stereocenters. The smallest absolute Gasteiger partial charge is 0.188 e. The maximum Gasteiger partial charge on any atom is 0.188 e. The Morgan fingerprint density at radius 2 is 1.83 bits per heavy atom. The van der Waals surface area contributed by atoms with Crippen LogP contribution in [0.4, 0.5) is 0 Å². The average molecular weight is 168 g/mol. The van der Waals surface area contributed by atoms with Gasteiger partial charge in [0.15, 0.2) is 5.79 Å². The number of hydrogen-bond acceptors (Lipinski definition) is 2. The van der Waals surface area contributed by atoms with Crippen LogP contribution >= 0.6 is 0 Å². The van der Waals surface area contributed by atoms with Crippen LogP contribution in [0.1, 0.15) is 26.7 Å². The number of allylic oxidation sites excluding steroid dienone is 1. The lowest BCUT2D eigenvalue weighted by Gasteiger charge is -2.36. The van der Waals surface area contributed by atoms with Crippen molar-refractivity contribution in [1.82, 2.24) is 0 Å². The molecule has 2 heteroatoms. The molecule has 0 N–H and O–H groups in total. The van der Waals surface area contributed by atoms with Gasteiger partial charge in [0.1, 0.15) is 0 Å². The first-order chi connectivity index (χ1) is 5.62. The largest absolute Gasteiger partial charge is 0.344 e. The zero-order valence-electron chi connectivity index (χ0n) is 7.80. The van der Waals surface area contributed by atoms with Crippen LogP contribution in [0.3, 0.4) is 0 Å². The summed E-state index contributed by atoms with van der Waals surface area (Å²) in [5, 5.41) is 0. The van der Waals surface area contributed by atoms with E-state index >= 15 is 0 Å². The highest BCUT2D eigenvalue weighted by atomic mass is 16.7. The van der Waals surface area contributed by atoms with Crippen molar-refractivity contribution in [2.45, 2.75) is 32.5 Å². The first-order valence-electron chi connectivity index (χ1n) is 4.58. The Balaban J connectivity index is 2.17. The maximum atomic E-state index is 5.61. The Morgan fingerprint density at radius 3 is 2.42 bits per heavy atom. The van der Waals surface area contributed by atoms with Gasteiger partial charge in [-0.1, -0.05) is 19.9 Å². The molecule has 0 atom stereocenters. The second-order valence-corrected chi connectivity index (χ2v) is 4.46. The van der Waals surface area contributed by atoms with Crippen molar-refractivity contribution in [3.8, 4) is 0 Å². The Hall–Kier alpha value is -0.340. The predicted molar refractivity (Wildman–Crippen MR) is 46.8 cm³/mol. The summed E-state index contributed by atoms with van der Waals surface area (Å²) in [6, 6.07) is 0. The SMILES string of the molecule is CC1(C)CC=CC2(C1)OCCO2. The molecule has 68 valence electrons. The van der Waals surface area contributed by atoms with Crippen LogP contribution in [0, 0.1) is 5.41 Å². The van der Waals surface area contributed by atoms with Crippen molar-refractivity contribution < 1.29 is 9.47 Å². The highest BCUT2D eigenvalue weighted by Gasteiger charge is 2.41. The average Bonchev–Trinajstić information content (AvgIpc) is 2.34. The van der Waals surface area contributed by atoms with Crippen molar-refractivity contribution in [2.75, 3.05) is 13.2 Å². The quantitative estimate of drug-likeness (QED) is 0.516. The van der Waals surface area contributed by atoms with Crippen LogP contribution in [0.25, 0.3) is 0 Å². The van der Waals surface area contributed by atoms with Gasteiger partial charge in [-0.3, -0.25) is 0 Å². The van der Waals surface area contributed by atoms with E-state index in [1.54, 1.807) is 0 Å². The fourth-order valence-corrected chi connectivity index (χ4v) is 2.02. The highest BCUT2D eigenvalue weighted by Crippen LogP contribution is 2.41. The molecule has 2 aliphatic rings. The Labute approximate surface area is 73.5 Å². The molecule has 2 nitrogen and oxygen atoms in total. The highest BCUT2D eigenvalue weighted by molar-refractivity contribution is 5.07. The predicted octanol–water partition coefficient (Wildman–Crippen LogP) is 2.11. The third kappa shape index (κ3) is 1.41. The Morgan fingerprint density at radius 1 is 1.17 bits per heavy atom. The molecule has 1 saturated heterocycles. The molecule has 0 aromatic rings. The molecule has 0 aromatic carbocycles. The lowest BCUT2D eigenvalue weighted by Crippen LogP contribution is -2.36. The van der Waals surface area contributed by atoms with Crippen LogP contribution in [0.5, 0.6) is 0 Å². The third-order valence-electron chi connectivity index (χ3n) is 2.54. The first-order valence-corrected chi connectivity index (χ1v) is 4.58. The molecular formula is C10H16O2. The van der Waals surface area contributed by atoms with Crippen molar-refractivity contribution in [1.29, 1.82) is 0 Å². The monoisotopic (exact) mass is 168 g/mol. The van der Waals surface area contributed by atoms with Gasteiger partial charge in [-0.25, -0.2) is 0 Å². The standard InChI is InChI=1S/C10H16O2/c1-9(2)4-3-5-10(8-9)11-6-7-12-10/h3,5H,4,6-8H2,1-2H3. The van der Waals surface area contributed by atoms with E-state index in [2.05, 4.69) is 26.0 Å². The van der Waals surface area contributed by atoms with Crippen LogP contribution in [0.2, 0.25) is 0 Å². The summed E-state index contributed by atoms with van der Waals surface area (Å²) in [6.07, 6.45) is 6.36. The number of hydrogen-bond donors (Lipinski definition) is 0. The molecule has 1 fully saturated rings. The summed E-state index contributed by atoms with van der Waals surface area (Å²) >= 11 is 0. The molecule has 1 aliphatic heterocycles. The molecule has 0 bridgehead atoms. The summed E-state index contributed by atoms with van der Waals surface area (Å²) in [4.78, 5) is 0. The number of ether oxygens (including phenoxy) is 2. The van der Waals surface area contributed by atoms with Gasteiger partial charge in [0.05, 0.1) is 13.2 Å². The Bertz CT molecular complexity index is 200. The summed E-state index contributed by atoms with van der Waals surface area (Å²) in [7, 11) is 0. The molecule has 0 amide bonds. The topological polar surface area (TPSA) is 18.5 Å². The van der Waals surface area contributed by atoms with Crippen molar-refractivity contribution in [3.63, 3.8) is 0 Å². The normalized spacial score (nSPS) is 31.2. The van der Waals surface area contributed by atoms with Crippen LogP contribution in [-0.2, 0) is 9.47 Å². The van der Waals surface area contributed by atoms with Gasteiger partial charge in [0.2, 0.25) is 0 Å². The molecule has 12 heavy (non-hydrogen) atoms. The molecule has 2 rings (SSSR count). The van der Waals surface area contributed by atoms with Crippen LogP contribution in [0.15, 0.2) is 12.2 Å². The molecule has 0 aromatic heterocycles. The molecule has 1 spiro atoms. The van der Waals surface area contributed by atoms with Crippen molar-refractivity contribution >= 4 is 0 Å². The minimum Gasteiger partial charge on any atom is -0.344 e. The second kappa shape index (κ2) is 2.57. The van der Waals surface area contributed by atoms with E-state index in [0.29, 0.717) is 5.41 Å². The first kappa shape index (κ1) is 8.27. The summed E-state index contributed by atoms with van der Waals surface area (Å²) < 4.78 is 11.2. The molecular weight excluding hydrogens is 152 g/mol. The van der Waals surface area contributed by atoms with E-state index in [0.717, 1.165) is 26.1 Å². The van der Waals surface area contributed by atoms with E-state index in [-0.39, 0.29) is 5.79 Å². The van der Waals surface area contributed by atoms with E-state index in [1.807, 2.05) is 0 Å². The fourth-order valence-electron chi connectivity index (χ4n) is 2.02.